The molecule has 0 spiro atoms. The maximum atomic E-state index is 12.4. The number of nitrogens with one attached hydrogen (secondary N) is 1. The number of carbonyl (C=O) groups excluding carboxylic acids is 1. The van der Waals surface area contributed by atoms with Crippen molar-refractivity contribution in [1.82, 2.24) is 9.88 Å². The zero-order valence-corrected chi connectivity index (χ0v) is 21.6. The molecular formula is C26H25N5O6S. The number of nitro benzene ring substituents is 1. The molecule has 0 aliphatic rings. The number of likely N-dealkylation sites (N-methyl/N-ethyl adjacent to an activating group) is 1. The van der Waals surface area contributed by atoms with Crippen LogP contribution in [0.3, 0.4) is 0 Å². The first-order valence-electron chi connectivity index (χ1n) is 11.4. The number of rotatable bonds is 8. The van der Waals surface area contributed by atoms with E-state index >= 15 is 0 Å². The number of hydrogen-bond acceptors (Lipinski definition) is 7. The molecule has 0 saturated carbocycles. The van der Waals surface area contributed by atoms with Gasteiger partial charge in [-0.1, -0.05) is 30.3 Å². The number of sulfonamides is 1. The smallest absolute Gasteiger partial charge is 0.270 e. The second-order valence-electron chi connectivity index (χ2n) is 8.74. The molecule has 0 saturated heterocycles. The normalized spacial score (nSPS) is 11.9. The molecule has 1 aromatic heterocycles. The lowest BCUT2D eigenvalue weighted by Crippen LogP contribution is -2.39. The maximum Gasteiger partial charge on any atom is 0.270 e. The van der Waals surface area contributed by atoms with Gasteiger partial charge < -0.3 is 15.0 Å². The van der Waals surface area contributed by atoms with E-state index in [1.807, 2.05) is 6.07 Å². The Balaban J connectivity index is 1.83. The Bertz CT molecular complexity index is 1640. The van der Waals surface area contributed by atoms with E-state index in [2.05, 4.69) is 4.98 Å². The number of hydrogen-bond donors (Lipinski definition) is 2. The van der Waals surface area contributed by atoms with Gasteiger partial charge in [0.1, 0.15) is 6.54 Å². The van der Waals surface area contributed by atoms with Crippen LogP contribution in [0.5, 0.6) is 5.88 Å². The van der Waals surface area contributed by atoms with E-state index in [1.165, 1.54) is 35.2 Å². The van der Waals surface area contributed by atoms with Crippen LogP contribution in [0, 0.1) is 10.1 Å². The zero-order valence-electron chi connectivity index (χ0n) is 20.8. The molecule has 0 unspecified atom stereocenters. The van der Waals surface area contributed by atoms with E-state index < -0.39 is 14.9 Å². The summed E-state index contributed by atoms with van der Waals surface area (Å²) in [6.45, 7) is -0.355. The fourth-order valence-electron chi connectivity index (χ4n) is 3.87. The predicted octanol–water partition coefficient (Wildman–Crippen LogP) is 3.81. The summed E-state index contributed by atoms with van der Waals surface area (Å²) >= 11 is 0. The third-order valence-electron chi connectivity index (χ3n) is 5.81. The van der Waals surface area contributed by atoms with Gasteiger partial charge in [-0.2, -0.15) is 0 Å². The number of benzene rings is 3. The van der Waals surface area contributed by atoms with Crippen molar-refractivity contribution in [1.29, 1.82) is 0 Å². The molecule has 0 aliphatic heterocycles. The van der Waals surface area contributed by atoms with E-state index in [0.717, 1.165) is 10.6 Å². The minimum Gasteiger partial charge on any atom is -0.494 e. The van der Waals surface area contributed by atoms with Gasteiger partial charge in [0.15, 0.2) is 5.88 Å². The van der Waals surface area contributed by atoms with Crippen molar-refractivity contribution in [2.24, 2.45) is 4.99 Å². The first-order valence-corrected chi connectivity index (χ1v) is 13.2. The van der Waals surface area contributed by atoms with Crippen LogP contribution in [0.2, 0.25) is 0 Å². The second-order valence-corrected chi connectivity index (χ2v) is 10.6. The molecule has 1 amide bonds. The summed E-state index contributed by atoms with van der Waals surface area (Å²) in [6.07, 6.45) is 1.02. The number of aromatic nitrogens is 1. The quantitative estimate of drug-likeness (QED) is 0.199. The number of H-pyrrole nitrogens is 1. The lowest BCUT2D eigenvalue weighted by Gasteiger charge is -2.23. The first kappa shape index (κ1) is 26.4. The molecule has 4 rings (SSSR count). The molecule has 0 bridgehead atoms. The Morgan fingerprint density at radius 1 is 1.05 bits per heavy atom. The standard InChI is InChI=1S/C26H25N5O6S/c1-29(2)23(32)16-30(38(3,36)37)19-11-9-18(10-12-19)27-25(17-7-5-4-6-8-17)24-21-15-20(31(34)35)13-14-22(21)28-26(24)33/h4-15,28,33H,16H2,1-3H3. The number of nitro groups is 1. The molecule has 0 radical (unpaired) electrons. The Morgan fingerprint density at radius 3 is 2.29 bits per heavy atom. The number of non-ortho nitro benzene ring substituents is 1. The Morgan fingerprint density at radius 2 is 1.71 bits per heavy atom. The topological polar surface area (TPSA) is 149 Å². The molecule has 3 aromatic carbocycles. The van der Waals surface area contributed by atoms with Gasteiger partial charge in [-0.15, -0.1) is 0 Å². The van der Waals surface area contributed by atoms with Crippen molar-refractivity contribution in [3.8, 4) is 5.88 Å². The van der Waals surface area contributed by atoms with Crippen LogP contribution in [0.15, 0.2) is 77.8 Å². The average molecular weight is 536 g/mol. The van der Waals surface area contributed by atoms with Crippen molar-refractivity contribution in [3.05, 3.63) is 94.0 Å². The number of aromatic hydroxyl groups is 1. The number of nitrogens with zero attached hydrogens (tertiary/aromatic N) is 4. The van der Waals surface area contributed by atoms with Gasteiger partial charge >= 0.3 is 0 Å². The minimum absolute atomic E-state index is 0.136. The van der Waals surface area contributed by atoms with Crippen LogP contribution in [0.25, 0.3) is 10.9 Å². The molecule has 0 atom stereocenters. The summed E-state index contributed by atoms with van der Waals surface area (Å²) in [5.41, 5.74) is 2.36. The highest BCUT2D eigenvalue weighted by Gasteiger charge is 2.23. The van der Waals surface area contributed by atoms with E-state index in [9.17, 15) is 28.4 Å². The van der Waals surface area contributed by atoms with Crippen LogP contribution in [0.1, 0.15) is 11.1 Å². The van der Waals surface area contributed by atoms with Crippen LogP contribution in [0.4, 0.5) is 17.1 Å². The highest BCUT2D eigenvalue weighted by Crippen LogP contribution is 2.34. The number of fused-ring (bicyclic) bond motifs is 1. The summed E-state index contributed by atoms with van der Waals surface area (Å²) in [5.74, 6) is -0.585. The van der Waals surface area contributed by atoms with Crippen LogP contribution in [-0.2, 0) is 14.8 Å². The molecule has 4 aromatic rings. The SMILES string of the molecule is CN(C)C(=O)CN(c1ccc(N=C(c2ccccc2)c2c(O)[nH]c3ccc([N+](=O)[O-])cc23)cc1)S(C)(=O)=O. The molecule has 38 heavy (non-hydrogen) atoms. The number of carbonyl (C=O) groups is 1. The zero-order chi connectivity index (χ0) is 27.6. The van der Waals surface area contributed by atoms with Crippen molar-refractivity contribution in [2.75, 3.05) is 31.2 Å². The third-order valence-corrected chi connectivity index (χ3v) is 6.95. The van der Waals surface area contributed by atoms with Crippen LogP contribution in [-0.4, -0.2) is 66.8 Å². The summed E-state index contributed by atoms with van der Waals surface area (Å²) in [6, 6.07) is 19.5. The summed E-state index contributed by atoms with van der Waals surface area (Å²) in [5, 5.41) is 22.6. The van der Waals surface area contributed by atoms with E-state index in [0.29, 0.717) is 27.9 Å². The van der Waals surface area contributed by atoms with Crippen LogP contribution >= 0.6 is 0 Å². The molecule has 0 fully saturated rings. The molecule has 1 heterocycles. The van der Waals surface area contributed by atoms with E-state index in [1.54, 1.807) is 50.5 Å². The van der Waals surface area contributed by atoms with Gasteiger partial charge in [-0.25, -0.2) is 13.4 Å². The van der Waals surface area contributed by atoms with Gasteiger partial charge in [-0.3, -0.25) is 19.2 Å². The highest BCUT2D eigenvalue weighted by molar-refractivity contribution is 7.92. The monoisotopic (exact) mass is 535 g/mol. The van der Waals surface area contributed by atoms with Crippen molar-refractivity contribution in [3.63, 3.8) is 0 Å². The fraction of sp³-hybridized carbons (Fsp3) is 0.154. The van der Waals surface area contributed by atoms with E-state index in [-0.39, 0.29) is 35.3 Å². The van der Waals surface area contributed by atoms with Crippen molar-refractivity contribution >= 4 is 49.6 Å². The first-order chi connectivity index (χ1) is 18.0. The number of amides is 1. The molecule has 12 heteroatoms. The fourth-order valence-corrected chi connectivity index (χ4v) is 4.72. The van der Waals surface area contributed by atoms with Gasteiger partial charge in [0.25, 0.3) is 5.69 Å². The molecular weight excluding hydrogens is 510 g/mol. The minimum atomic E-state index is -3.74. The lowest BCUT2D eigenvalue weighted by molar-refractivity contribution is -0.384. The molecule has 2 N–H and O–H groups in total. The third kappa shape index (κ3) is 5.49. The van der Waals surface area contributed by atoms with Gasteiger partial charge in [0.2, 0.25) is 15.9 Å². The Kier molecular flexibility index (Phi) is 7.17. The summed E-state index contributed by atoms with van der Waals surface area (Å²) < 4.78 is 25.8. The summed E-state index contributed by atoms with van der Waals surface area (Å²) in [4.78, 5) is 32.0. The highest BCUT2D eigenvalue weighted by atomic mass is 32.2. The largest absolute Gasteiger partial charge is 0.494 e. The Labute approximate surface area is 218 Å². The van der Waals surface area contributed by atoms with Crippen molar-refractivity contribution in [2.45, 2.75) is 0 Å². The van der Waals surface area contributed by atoms with Gasteiger partial charge in [-0.05, 0) is 30.3 Å². The van der Waals surface area contributed by atoms with Gasteiger partial charge in [0.05, 0.1) is 33.8 Å². The van der Waals surface area contributed by atoms with E-state index in [4.69, 9.17) is 4.99 Å². The molecule has 11 nitrogen and oxygen atoms in total. The maximum absolute atomic E-state index is 12.4. The second kappa shape index (κ2) is 10.3. The van der Waals surface area contributed by atoms with Gasteiger partial charge in [0, 0.05) is 42.7 Å². The summed E-state index contributed by atoms with van der Waals surface area (Å²) in [7, 11) is -0.660. The average Bonchev–Trinajstić information content (AvgIpc) is 3.20. The number of anilines is 1. The van der Waals surface area contributed by atoms with Crippen LogP contribution < -0.4 is 4.31 Å². The molecule has 196 valence electrons. The molecule has 0 aliphatic carbocycles. The number of aliphatic imine (C=N–C) groups is 1. The predicted molar refractivity (Wildman–Crippen MR) is 146 cm³/mol. The van der Waals surface area contributed by atoms with Crippen molar-refractivity contribution < 1.29 is 23.2 Å². The lowest BCUT2D eigenvalue weighted by atomic mass is 10.0. The number of aromatic amines is 1. The Hall–Kier alpha value is -4.71.